The summed E-state index contributed by atoms with van der Waals surface area (Å²) in [6.07, 6.45) is 2.56. The number of aldehydes is 1. The fraction of sp³-hybridized carbons (Fsp3) is 0.417. The van der Waals surface area contributed by atoms with E-state index in [1.54, 1.807) is 43.0 Å². The number of carbonyl (C=O) groups is 2. The molecule has 2 N–H and O–H groups in total. The van der Waals surface area contributed by atoms with Gasteiger partial charge in [-0.1, -0.05) is 19.9 Å². The van der Waals surface area contributed by atoms with Crippen molar-refractivity contribution in [1.29, 1.82) is 0 Å². The molecule has 32 heavy (non-hydrogen) atoms. The van der Waals surface area contributed by atoms with Crippen molar-refractivity contribution in [2.75, 3.05) is 45.6 Å². The lowest BCUT2D eigenvalue weighted by Crippen LogP contribution is -2.33. The molecule has 2 aromatic carbocycles. The lowest BCUT2D eigenvalue weighted by Gasteiger charge is -2.29. The Morgan fingerprint density at radius 3 is 2.28 bits per heavy atom. The number of rotatable bonds is 10. The monoisotopic (exact) mass is 462 g/mol. The highest BCUT2D eigenvalue weighted by Gasteiger charge is 2.26. The molecule has 0 aliphatic rings. The summed E-state index contributed by atoms with van der Waals surface area (Å²) in [7, 11) is 4.76. The van der Waals surface area contributed by atoms with Crippen molar-refractivity contribution in [1.82, 2.24) is 4.90 Å². The Balaban J connectivity index is 0.00000249. The average Bonchev–Trinajstić information content (AvgIpc) is 2.82. The number of ether oxygens (including phenoxy) is 3. The number of anilines is 1. The first kappa shape index (κ1) is 27.2. The first-order chi connectivity index (χ1) is 15.4. The van der Waals surface area contributed by atoms with Gasteiger partial charge in [-0.15, -0.1) is 0 Å². The third kappa shape index (κ3) is 6.09. The first-order valence-corrected chi connectivity index (χ1v) is 11.8. The van der Waals surface area contributed by atoms with Gasteiger partial charge in [0.25, 0.3) is 5.91 Å². The molecule has 1 unspecified atom stereocenters. The lowest BCUT2D eigenvalue weighted by molar-refractivity contribution is 0.0742. The molecule has 2 aromatic rings. The largest absolute Gasteiger partial charge is 0.495 e. The van der Waals surface area contributed by atoms with Gasteiger partial charge in [0.05, 0.1) is 43.7 Å². The van der Waals surface area contributed by atoms with Crippen LogP contribution in [0.3, 0.4) is 0 Å². The Kier molecular flexibility index (Phi) is 11.5. The molecule has 176 valence electrons. The van der Waals surface area contributed by atoms with Gasteiger partial charge in [0.1, 0.15) is 5.75 Å². The highest BCUT2D eigenvalue weighted by atomic mass is 32.2. The molecule has 0 saturated carbocycles. The van der Waals surface area contributed by atoms with Crippen LogP contribution in [-0.2, 0) is 0 Å². The Hall–Kier alpha value is -2.87. The molecule has 0 heterocycles. The van der Waals surface area contributed by atoms with Crippen LogP contribution >= 0.6 is 11.8 Å². The fourth-order valence-electron chi connectivity index (χ4n) is 3.20. The summed E-state index contributed by atoms with van der Waals surface area (Å²) in [6, 6.07) is 8.53. The molecule has 1 amide bonds. The second-order valence-corrected chi connectivity index (χ2v) is 7.40. The minimum atomic E-state index is -0.306. The standard InChI is InChI=1S/C22H28N2O5S.C2H6/c1-6-29-20-11-14(7-9-18(20)27-3)17(13-30-5)24(2)22(26)15-8-10-19(28-4)21(23)16(15)12-25;1-2/h7-12,17H,6,13,23H2,1-5H3;1-2H3. The van der Waals surface area contributed by atoms with Crippen LogP contribution in [0.5, 0.6) is 17.2 Å². The Bertz CT molecular complexity index is 904. The van der Waals surface area contributed by atoms with Gasteiger partial charge in [0.2, 0.25) is 0 Å². The fourth-order valence-corrected chi connectivity index (χ4v) is 3.93. The number of benzene rings is 2. The van der Waals surface area contributed by atoms with Gasteiger partial charge >= 0.3 is 0 Å². The van der Waals surface area contributed by atoms with Gasteiger partial charge in [-0.25, -0.2) is 0 Å². The lowest BCUT2D eigenvalue weighted by atomic mass is 10.0. The van der Waals surface area contributed by atoms with Gasteiger partial charge in [-0.2, -0.15) is 11.8 Å². The Morgan fingerprint density at radius 2 is 1.75 bits per heavy atom. The van der Waals surface area contributed by atoms with Gasteiger partial charge in [0, 0.05) is 12.8 Å². The molecule has 0 radical (unpaired) electrons. The van der Waals surface area contributed by atoms with Crippen LogP contribution in [0.25, 0.3) is 0 Å². The topological polar surface area (TPSA) is 91.1 Å². The molecule has 0 fully saturated rings. The van der Waals surface area contributed by atoms with Gasteiger partial charge < -0.3 is 24.8 Å². The molecule has 1 atom stereocenters. The van der Waals surface area contributed by atoms with E-state index in [1.165, 1.54) is 7.11 Å². The summed E-state index contributed by atoms with van der Waals surface area (Å²) in [5.41, 5.74) is 7.42. The van der Waals surface area contributed by atoms with Crippen molar-refractivity contribution < 1.29 is 23.8 Å². The van der Waals surface area contributed by atoms with Gasteiger partial charge in [-0.3, -0.25) is 9.59 Å². The van der Waals surface area contributed by atoms with Crippen molar-refractivity contribution in [3.05, 3.63) is 47.0 Å². The zero-order valence-corrected chi connectivity index (χ0v) is 20.7. The maximum Gasteiger partial charge on any atom is 0.254 e. The highest BCUT2D eigenvalue weighted by molar-refractivity contribution is 7.98. The van der Waals surface area contributed by atoms with E-state index < -0.39 is 0 Å². The van der Waals surface area contributed by atoms with Crippen molar-refractivity contribution in [2.45, 2.75) is 26.8 Å². The maximum atomic E-state index is 13.3. The average molecular weight is 463 g/mol. The molecule has 0 saturated heterocycles. The van der Waals surface area contributed by atoms with Crippen LogP contribution in [-0.4, -0.2) is 57.0 Å². The number of hydrogen-bond donors (Lipinski definition) is 1. The summed E-state index contributed by atoms with van der Waals surface area (Å²) >= 11 is 1.61. The van der Waals surface area contributed by atoms with Crippen LogP contribution in [0.15, 0.2) is 30.3 Å². The zero-order chi connectivity index (χ0) is 24.3. The van der Waals surface area contributed by atoms with Crippen LogP contribution in [0.2, 0.25) is 0 Å². The normalized spacial score (nSPS) is 11.0. The molecule has 0 spiro atoms. The van der Waals surface area contributed by atoms with Crippen LogP contribution < -0.4 is 19.9 Å². The van der Waals surface area contributed by atoms with Gasteiger partial charge in [0.15, 0.2) is 17.8 Å². The number of nitrogens with two attached hydrogens (primary N) is 1. The second-order valence-electron chi connectivity index (χ2n) is 6.49. The third-order valence-corrected chi connectivity index (χ3v) is 5.45. The predicted molar refractivity (Wildman–Crippen MR) is 132 cm³/mol. The molecule has 8 heteroatoms. The zero-order valence-electron chi connectivity index (χ0n) is 19.9. The van der Waals surface area contributed by atoms with Crippen LogP contribution in [0.4, 0.5) is 5.69 Å². The summed E-state index contributed by atoms with van der Waals surface area (Å²) in [5.74, 6) is 1.95. The van der Waals surface area contributed by atoms with Crippen LogP contribution in [0.1, 0.15) is 53.1 Å². The van der Waals surface area contributed by atoms with E-state index in [2.05, 4.69) is 0 Å². The van der Waals surface area contributed by atoms with E-state index in [1.807, 2.05) is 45.2 Å². The second kappa shape index (κ2) is 13.5. The Morgan fingerprint density at radius 1 is 1.12 bits per heavy atom. The molecule has 7 nitrogen and oxygen atoms in total. The molecule has 2 rings (SSSR count). The summed E-state index contributed by atoms with van der Waals surface area (Å²) < 4.78 is 16.2. The van der Waals surface area contributed by atoms with E-state index >= 15 is 0 Å². The smallest absolute Gasteiger partial charge is 0.254 e. The summed E-state index contributed by atoms with van der Waals surface area (Å²) in [4.78, 5) is 26.6. The molecule has 0 aliphatic carbocycles. The maximum absolute atomic E-state index is 13.3. The predicted octanol–water partition coefficient (Wildman–Crippen LogP) is 4.70. The van der Waals surface area contributed by atoms with Crippen molar-refractivity contribution in [3.8, 4) is 17.2 Å². The highest BCUT2D eigenvalue weighted by Crippen LogP contribution is 2.34. The summed E-state index contributed by atoms with van der Waals surface area (Å²) in [6.45, 7) is 6.39. The number of hydrogen-bond acceptors (Lipinski definition) is 7. The number of amides is 1. The molecule has 0 aliphatic heterocycles. The minimum absolute atomic E-state index is 0.124. The quantitative estimate of drug-likeness (QED) is 0.404. The van der Waals surface area contributed by atoms with E-state index in [-0.39, 0.29) is 28.8 Å². The van der Waals surface area contributed by atoms with Crippen LogP contribution in [0, 0.1) is 0 Å². The molecular formula is C24H34N2O5S. The number of thioether (sulfide) groups is 1. The van der Waals surface area contributed by atoms with Crippen molar-refractivity contribution in [2.24, 2.45) is 0 Å². The van der Waals surface area contributed by atoms with E-state index in [0.29, 0.717) is 35.9 Å². The number of nitrogens with zero attached hydrogens (tertiary/aromatic N) is 1. The molecular weight excluding hydrogens is 428 g/mol. The SMILES string of the molecule is CC.CCOc1cc(C(CSC)N(C)C(=O)c2ccc(OC)c(N)c2C=O)ccc1OC. The van der Waals surface area contributed by atoms with Gasteiger partial charge in [-0.05, 0) is 43.0 Å². The van der Waals surface area contributed by atoms with E-state index in [9.17, 15) is 9.59 Å². The van der Waals surface area contributed by atoms with E-state index in [0.717, 1.165) is 5.56 Å². The number of nitrogen functional groups attached to an aromatic ring is 1. The van der Waals surface area contributed by atoms with Crippen molar-refractivity contribution in [3.63, 3.8) is 0 Å². The third-order valence-electron chi connectivity index (χ3n) is 4.80. The molecule has 0 aromatic heterocycles. The number of methoxy groups -OCH3 is 2. The summed E-state index contributed by atoms with van der Waals surface area (Å²) in [5, 5.41) is 0. The van der Waals surface area contributed by atoms with Crippen molar-refractivity contribution >= 4 is 29.6 Å². The number of carbonyl (C=O) groups excluding carboxylic acids is 2. The van der Waals surface area contributed by atoms with E-state index in [4.69, 9.17) is 19.9 Å². The molecule has 0 bridgehead atoms. The first-order valence-electron chi connectivity index (χ1n) is 10.4. The Labute approximate surface area is 195 Å². The minimum Gasteiger partial charge on any atom is -0.495 e.